The van der Waals surface area contributed by atoms with Crippen molar-refractivity contribution in [3.63, 3.8) is 0 Å². The van der Waals surface area contributed by atoms with E-state index in [1.165, 1.54) is 11.2 Å². The number of benzene rings is 2. The van der Waals surface area contributed by atoms with Crippen molar-refractivity contribution in [2.75, 3.05) is 11.7 Å². The van der Waals surface area contributed by atoms with E-state index in [0.29, 0.717) is 27.8 Å². The van der Waals surface area contributed by atoms with Crippen LogP contribution < -0.4 is 19.7 Å². The third-order valence-corrected chi connectivity index (χ3v) is 6.23. The zero-order chi connectivity index (χ0) is 22.8. The van der Waals surface area contributed by atoms with Crippen LogP contribution in [0.1, 0.15) is 47.8 Å². The van der Waals surface area contributed by atoms with Crippen LogP contribution in [0.3, 0.4) is 0 Å². The van der Waals surface area contributed by atoms with Crippen molar-refractivity contribution < 1.29 is 23.5 Å². The lowest BCUT2D eigenvalue weighted by Crippen LogP contribution is -2.46. The van der Waals surface area contributed by atoms with Gasteiger partial charge in [0.15, 0.2) is 17.3 Å². The van der Waals surface area contributed by atoms with Crippen molar-refractivity contribution in [1.29, 1.82) is 0 Å². The molecule has 170 valence electrons. The van der Waals surface area contributed by atoms with E-state index in [-0.39, 0.29) is 24.5 Å². The van der Waals surface area contributed by atoms with E-state index in [1.54, 1.807) is 54.6 Å². The molecule has 8 heteroatoms. The lowest BCUT2D eigenvalue weighted by atomic mass is 10.0. The van der Waals surface area contributed by atoms with E-state index in [9.17, 15) is 9.59 Å². The molecule has 3 aromatic rings. The number of nitrogens with one attached hydrogen (secondary N) is 1. The molecule has 1 aliphatic carbocycles. The summed E-state index contributed by atoms with van der Waals surface area (Å²) >= 11 is 6.11. The summed E-state index contributed by atoms with van der Waals surface area (Å²) in [6.07, 6.45) is 5.44. The normalized spacial score (nSPS) is 15.9. The van der Waals surface area contributed by atoms with Gasteiger partial charge in [-0.2, -0.15) is 0 Å². The van der Waals surface area contributed by atoms with Crippen LogP contribution >= 0.6 is 11.6 Å². The smallest absolute Gasteiger partial charge is 0.294 e. The molecule has 0 bridgehead atoms. The largest absolute Gasteiger partial charge is 0.459 e. The fourth-order valence-corrected chi connectivity index (χ4v) is 4.48. The van der Waals surface area contributed by atoms with Crippen LogP contribution in [0.25, 0.3) is 0 Å². The molecule has 5 rings (SSSR count). The highest BCUT2D eigenvalue weighted by Gasteiger charge is 2.36. The van der Waals surface area contributed by atoms with E-state index >= 15 is 0 Å². The molecule has 33 heavy (non-hydrogen) atoms. The molecule has 2 amide bonds. The summed E-state index contributed by atoms with van der Waals surface area (Å²) in [7, 11) is 0. The van der Waals surface area contributed by atoms with Crippen LogP contribution in [-0.2, 0) is 4.79 Å². The molecule has 1 fully saturated rings. The van der Waals surface area contributed by atoms with Crippen LogP contribution in [-0.4, -0.2) is 24.6 Å². The van der Waals surface area contributed by atoms with Gasteiger partial charge in [-0.1, -0.05) is 36.6 Å². The van der Waals surface area contributed by atoms with Crippen LogP contribution in [0, 0.1) is 0 Å². The minimum absolute atomic E-state index is 0.0876. The Morgan fingerprint density at radius 3 is 2.48 bits per heavy atom. The number of fused-ring (bicyclic) bond motifs is 1. The number of halogens is 1. The Kier molecular flexibility index (Phi) is 5.96. The average Bonchev–Trinajstić information content (AvgIpc) is 3.60. The number of hydrogen-bond donors (Lipinski definition) is 1. The Balaban J connectivity index is 1.60. The summed E-state index contributed by atoms with van der Waals surface area (Å²) in [5.41, 5.74) is 1.12. The molecule has 1 unspecified atom stereocenters. The van der Waals surface area contributed by atoms with Crippen LogP contribution in [0.4, 0.5) is 5.69 Å². The number of ether oxygens (including phenoxy) is 2. The van der Waals surface area contributed by atoms with Crippen molar-refractivity contribution in [3.05, 3.63) is 77.2 Å². The SMILES string of the molecule is O=C(NC1CCCC1)C(c1ccc(Cl)cc1)N(C(=O)c1ccco1)c1ccc2c(c1)OCO2. The van der Waals surface area contributed by atoms with Gasteiger partial charge in [0.1, 0.15) is 6.04 Å². The molecule has 0 spiro atoms. The van der Waals surface area contributed by atoms with Gasteiger partial charge in [0, 0.05) is 22.8 Å². The number of hydrogen-bond acceptors (Lipinski definition) is 5. The molecular formula is C25H23ClN2O5. The molecule has 1 saturated carbocycles. The fraction of sp³-hybridized carbons (Fsp3) is 0.280. The Labute approximate surface area is 196 Å². The maximum Gasteiger partial charge on any atom is 0.294 e. The van der Waals surface area contributed by atoms with Gasteiger partial charge in [-0.15, -0.1) is 0 Å². The number of amides is 2. The highest BCUT2D eigenvalue weighted by atomic mass is 35.5. The molecule has 7 nitrogen and oxygen atoms in total. The summed E-state index contributed by atoms with van der Waals surface area (Å²) in [5.74, 6) is 0.515. The second-order valence-corrected chi connectivity index (χ2v) is 8.57. The molecule has 2 aliphatic rings. The number of rotatable bonds is 6. The quantitative estimate of drug-likeness (QED) is 0.546. The fourth-order valence-electron chi connectivity index (χ4n) is 4.35. The first-order valence-corrected chi connectivity index (χ1v) is 11.3. The summed E-state index contributed by atoms with van der Waals surface area (Å²) in [5, 5.41) is 3.68. The number of nitrogens with zero attached hydrogens (tertiary/aromatic N) is 1. The van der Waals surface area contributed by atoms with Gasteiger partial charge in [0.25, 0.3) is 5.91 Å². The number of anilines is 1. The highest BCUT2D eigenvalue weighted by molar-refractivity contribution is 6.30. The van der Waals surface area contributed by atoms with Gasteiger partial charge in [-0.25, -0.2) is 0 Å². The molecule has 1 atom stereocenters. The standard InChI is InChI=1S/C25H23ClN2O5/c26-17-9-7-16(8-10-17)23(24(29)27-18-4-1-2-5-18)28(25(30)21-6-3-13-31-21)19-11-12-20-22(14-19)33-15-32-20/h3,6-14,18,23H,1-2,4-5,15H2,(H,27,29). The van der Waals surface area contributed by atoms with Crippen LogP contribution in [0.5, 0.6) is 11.5 Å². The Hall–Kier alpha value is -3.45. The molecular weight excluding hydrogens is 444 g/mol. The summed E-state index contributed by atoms with van der Waals surface area (Å²) in [4.78, 5) is 28.8. The second-order valence-electron chi connectivity index (χ2n) is 8.13. The first kappa shape index (κ1) is 21.4. The van der Waals surface area contributed by atoms with E-state index in [0.717, 1.165) is 25.7 Å². The van der Waals surface area contributed by atoms with Crippen molar-refractivity contribution >= 4 is 29.1 Å². The number of carbonyl (C=O) groups is 2. The Morgan fingerprint density at radius 1 is 1.00 bits per heavy atom. The topological polar surface area (TPSA) is 81.0 Å². The van der Waals surface area contributed by atoms with Crippen LogP contribution in [0.2, 0.25) is 5.02 Å². The maximum atomic E-state index is 13.7. The lowest BCUT2D eigenvalue weighted by molar-refractivity contribution is -0.123. The third kappa shape index (κ3) is 4.41. The van der Waals surface area contributed by atoms with Crippen molar-refractivity contribution in [2.45, 2.75) is 37.8 Å². The highest BCUT2D eigenvalue weighted by Crippen LogP contribution is 2.39. The molecule has 2 heterocycles. The minimum atomic E-state index is -0.944. The van der Waals surface area contributed by atoms with E-state index in [4.69, 9.17) is 25.5 Å². The van der Waals surface area contributed by atoms with Gasteiger partial charge >= 0.3 is 0 Å². The van der Waals surface area contributed by atoms with Gasteiger partial charge in [0.05, 0.1) is 6.26 Å². The van der Waals surface area contributed by atoms with Gasteiger partial charge in [0.2, 0.25) is 12.7 Å². The van der Waals surface area contributed by atoms with E-state index in [1.807, 2.05) is 0 Å². The Bertz CT molecular complexity index is 1140. The molecule has 1 N–H and O–H groups in total. The zero-order valence-electron chi connectivity index (χ0n) is 17.8. The van der Waals surface area contributed by atoms with E-state index in [2.05, 4.69) is 5.32 Å². The molecule has 0 saturated heterocycles. The molecule has 0 radical (unpaired) electrons. The molecule has 1 aliphatic heterocycles. The Morgan fingerprint density at radius 2 is 1.76 bits per heavy atom. The first-order chi connectivity index (χ1) is 16.1. The van der Waals surface area contributed by atoms with Gasteiger partial charge in [-0.3, -0.25) is 14.5 Å². The van der Waals surface area contributed by atoms with Crippen molar-refractivity contribution in [1.82, 2.24) is 5.32 Å². The third-order valence-electron chi connectivity index (χ3n) is 5.98. The van der Waals surface area contributed by atoms with Gasteiger partial charge < -0.3 is 19.2 Å². The summed E-state index contributed by atoms with van der Waals surface area (Å²) in [6, 6.07) is 14.5. The minimum Gasteiger partial charge on any atom is -0.459 e. The predicted octanol–water partition coefficient (Wildman–Crippen LogP) is 5.11. The monoisotopic (exact) mass is 466 g/mol. The molecule has 1 aromatic heterocycles. The van der Waals surface area contributed by atoms with Gasteiger partial charge in [-0.05, 0) is 54.8 Å². The van der Waals surface area contributed by atoms with Crippen LogP contribution in [0.15, 0.2) is 65.3 Å². The van der Waals surface area contributed by atoms with Crippen molar-refractivity contribution in [3.8, 4) is 11.5 Å². The summed E-state index contributed by atoms with van der Waals surface area (Å²) in [6.45, 7) is 0.105. The lowest BCUT2D eigenvalue weighted by Gasteiger charge is -2.32. The van der Waals surface area contributed by atoms with E-state index < -0.39 is 11.9 Å². The zero-order valence-corrected chi connectivity index (χ0v) is 18.6. The average molecular weight is 467 g/mol. The summed E-state index contributed by atoms with van der Waals surface area (Å²) < 4.78 is 16.4. The number of carbonyl (C=O) groups excluding carboxylic acids is 2. The predicted molar refractivity (Wildman–Crippen MR) is 123 cm³/mol. The maximum absolute atomic E-state index is 13.7. The van der Waals surface area contributed by atoms with Crippen molar-refractivity contribution in [2.24, 2.45) is 0 Å². The second kappa shape index (κ2) is 9.19. The molecule has 2 aromatic carbocycles. The number of furan rings is 1. The first-order valence-electron chi connectivity index (χ1n) is 10.9.